The summed E-state index contributed by atoms with van der Waals surface area (Å²) in [6, 6.07) is 14.6. The minimum Gasteiger partial charge on any atom is -0.465 e. The Bertz CT molecular complexity index is 971. The van der Waals surface area contributed by atoms with Crippen molar-refractivity contribution in [3.05, 3.63) is 66.0 Å². The number of ether oxygens (including phenoxy) is 1. The van der Waals surface area contributed by atoms with Gasteiger partial charge in [-0.2, -0.15) is 0 Å². The second-order valence-electron chi connectivity index (χ2n) is 5.64. The average Bonchev–Trinajstić information content (AvgIpc) is 3.15. The zero-order chi connectivity index (χ0) is 19.2. The summed E-state index contributed by atoms with van der Waals surface area (Å²) in [6.45, 7) is 2.00. The van der Waals surface area contributed by atoms with Gasteiger partial charge in [-0.25, -0.2) is 4.79 Å². The Morgan fingerprint density at radius 1 is 1.15 bits per heavy atom. The van der Waals surface area contributed by atoms with Gasteiger partial charge in [-0.05, 0) is 30.7 Å². The molecule has 0 saturated carbocycles. The number of hydrogen-bond donors (Lipinski definition) is 1. The Balaban J connectivity index is 1.69. The fourth-order valence-corrected chi connectivity index (χ4v) is 3.24. The molecule has 0 spiro atoms. The highest BCUT2D eigenvalue weighted by molar-refractivity contribution is 7.99. The molecule has 0 unspecified atom stereocenters. The van der Waals surface area contributed by atoms with Gasteiger partial charge >= 0.3 is 5.97 Å². The number of rotatable bonds is 6. The minimum atomic E-state index is -0.502. The van der Waals surface area contributed by atoms with E-state index < -0.39 is 5.97 Å². The molecule has 0 aliphatic carbocycles. The first-order valence-corrected chi connectivity index (χ1v) is 9.14. The zero-order valence-electron chi connectivity index (χ0n) is 14.9. The van der Waals surface area contributed by atoms with E-state index in [0.717, 1.165) is 11.3 Å². The molecule has 0 bridgehead atoms. The van der Waals surface area contributed by atoms with Crippen LogP contribution in [-0.2, 0) is 9.53 Å². The number of benzene rings is 2. The Labute approximate surface area is 160 Å². The molecule has 0 fully saturated rings. The van der Waals surface area contributed by atoms with Crippen molar-refractivity contribution >= 4 is 29.3 Å². The molecular weight excluding hydrogens is 364 g/mol. The number of nitrogens with zero attached hydrogens (tertiary/aromatic N) is 3. The van der Waals surface area contributed by atoms with E-state index in [-0.39, 0.29) is 11.7 Å². The van der Waals surface area contributed by atoms with Gasteiger partial charge in [0.25, 0.3) is 0 Å². The molecule has 27 heavy (non-hydrogen) atoms. The standard InChI is InChI=1S/C19H18N4O3S/c1-13-7-3-6-10-16(13)23-12-20-22-19(23)27-11-17(24)21-15-9-5-4-8-14(15)18(25)26-2/h3-10,12H,11H2,1-2H3,(H,21,24). The Kier molecular flexibility index (Phi) is 5.87. The molecule has 7 nitrogen and oxygen atoms in total. The number of hydrogen-bond acceptors (Lipinski definition) is 6. The lowest BCUT2D eigenvalue weighted by Crippen LogP contribution is -2.17. The summed E-state index contributed by atoms with van der Waals surface area (Å²) in [4.78, 5) is 24.1. The van der Waals surface area contributed by atoms with Crippen LogP contribution in [0.3, 0.4) is 0 Å². The van der Waals surface area contributed by atoms with Crippen molar-refractivity contribution in [1.82, 2.24) is 14.8 Å². The number of thioether (sulfide) groups is 1. The van der Waals surface area contributed by atoms with Crippen LogP contribution in [0.1, 0.15) is 15.9 Å². The Morgan fingerprint density at radius 2 is 1.89 bits per heavy atom. The number of anilines is 1. The fraction of sp³-hybridized carbons (Fsp3) is 0.158. The highest BCUT2D eigenvalue weighted by Gasteiger charge is 2.15. The number of aromatic nitrogens is 3. The summed E-state index contributed by atoms with van der Waals surface area (Å²) < 4.78 is 6.58. The number of carbonyl (C=O) groups excluding carboxylic acids is 2. The molecule has 0 radical (unpaired) electrons. The predicted molar refractivity (Wildman–Crippen MR) is 103 cm³/mol. The molecule has 0 atom stereocenters. The molecule has 1 aromatic heterocycles. The summed E-state index contributed by atoms with van der Waals surface area (Å²) in [7, 11) is 1.30. The third-order valence-corrected chi connectivity index (χ3v) is 4.77. The second-order valence-corrected chi connectivity index (χ2v) is 6.59. The number of aryl methyl sites for hydroxylation is 1. The van der Waals surface area contributed by atoms with Crippen molar-refractivity contribution in [2.24, 2.45) is 0 Å². The number of nitrogens with one attached hydrogen (secondary N) is 1. The van der Waals surface area contributed by atoms with Crippen molar-refractivity contribution in [3.8, 4) is 5.69 Å². The van der Waals surface area contributed by atoms with Crippen LogP contribution in [0.25, 0.3) is 5.69 Å². The summed E-state index contributed by atoms with van der Waals surface area (Å²) in [5.41, 5.74) is 2.76. The first kappa shape index (κ1) is 18.7. The smallest absolute Gasteiger partial charge is 0.339 e. The molecule has 0 aliphatic heterocycles. The second kappa shape index (κ2) is 8.50. The minimum absolute atomic E-state index is 0.125. The molecule has 2 aromatic carbocycles. The normalized spacial score (nSPS) is 10.4. The van der Waals surface area contributed by atoms with E-state index in [1.165, 1.54) is 18.9 Å². The van der Waals surface area contributed by atoms with E-state index in [4.69, 9.17) is 4.74 Å². The number of methoxy groups -OCH3 is 1. The van der Waals surface area contributed by atoms with Crippen LogP contribution in [0, 0.1) is 6.92 Å². The summed E-state index contributed by atoms with van der Waals surface area (Å²) in [5, 5.41) is 11.4. The number of carbonyl (C=O) groups is 2. The predicted octanol–water partition coefficient (Wildman–Crippen LogP) is 3.09. The third-order valence-electron chi connectivity index (χ3n) is 3.83. The van der Waals surface area contributed by atoms with Crippen LogP contribution >= 0.6 is 11.8 Å². The van der Waals surface area contributed by atoms with Crippen molar-refractivity contribution in [2.45, 2.75) is 12.1 Å². The maximum Gasteiger partial charge on any atom is 0.339 e. The van der Waals surface area contributed by atoms with Gasteiger partial charge in [0.15, 0.2) is 5.16 Å². The number of esters is 1. The van der Waals surface area contributed by atoms with Crippen molar-refractivity contribution in [2.75, 3.05) is 18.2 Å². The van der Waals surface area contributed by atoms with Crippen LogP contribution in [0.2, 0.25) is 0 Å². The van der Waals surface area contributed by atoms with Crippen molar-refractivity contribution in [1.29, 1.82) is 0 Å². The molecule has 1 amide bonds. The van der Waals surface area contributed by atoms with E-state index >= 15 is 0 Å². The lowest BCUT2D eigenvalue weighted by Gasteiger charge is -2.10. The largest absolute Gasteiger partial charge is 0.465 e. The summed E-state index contributed by atoms with van der Waals surface area (Å²) >= 11 is 1.27. The van der Waals surface area contributed by atoms with E-state index in [0.29, 0.717) is 16.4 Å². The van der Waals surface area contributed by atoms with Gasteiger partial charge in [-0.15, -0.1) is 10.2 Å². The maximum atomic E-state index is 12.3. The Morgan fingerprint density at radius 3 is 2.67 bits per heavy atom. The van der Waals surface area contributed by atoms with Crippen LogP contribution in [0.5, 0.6) is 0 Å². The quantitative estimate of drug-likeness (QED) is 0.521. The monoisotopic (exact) mass is 382 g/mol. The molecule has 0 aliphatic rings. The summed E-state index contributed by atoms with van der Waals surface area (Å²) in [6.07, 6.45) is 1.62. The number of para-hydroxylation sites is 2. The molecule has 0 saturated heterocycles. The molecule has 1 heterocycles. The molecule has 8 heteroatoms. The van der Waals surface area contributed by atoms with E-state index in [9.17, 15) is 9.59 Å². The average molecular weight is 382 g/mol. The first-order chi connectivity index (χ1) is 13.1. The van der Waals surface area contributed by atoms with Crippen molar-refractivity contribution in [3.63, 3.8) is 0 Å². The molecule has 3 aromatic rings. The van der Waals surface area contributed by atoms with Gasteiger partial charge < -0.3 is 10.1 Å². The van der Waals surface area contributed by atoms with Gasteiger partial charge in [0, 0.05) is 0 Å². The molecular formula is C19H18N4O3S. The molecule has 138 valence electrons. The number of amides is 1. The lowest BCUT2D eigenvalue weighted by atomic mass is 10.2. The van der Waals surface area contributed by atoms with Crippen LogP contribution in [0.15, 0.2) is 60.0 Å². The lowest BCUT2D eigenvalue weighted by molar-refractivity contribution is -0.113. The zero-order valence-corrected chi connectivity index (χ0v) is 15.7. The SMILES string of the molecule is COC(=O)c1ccccc1NC(=O)CSc1nncn1-c1ccccc1C. The van der Waals surface area contributed by atoms with Gasteiger partial charge in [0.05, 0.1) is 29.8 Å². The Hall–Kier alpha value is -3.13. The van der Waals surface area contributed by atoms with E-state index in [1.807, 2.05) is 35.8 Å². The van der Waals surface area contributed by atoms with Gasteiger partial charge in [-0.1, -0.05) is 42.1 Å². The van der Waals surface area contributed by atoms with Crippen LogP contribution in [0.4, 0.5) is 5.69 Å². The highest BCUT2D eigenvalue weighted by Crippen LogP contribution is 2.22. The van der Waals surface area contributed by atoms with Crippen LogP contribution < -0.4 is 5.32 Å². The van der Waals surface area contributed by atoms with Gasteiger partial charge in [0.2, 0.25) is 5.91 Å². The van der Waals surface area contributed by atoms with Gasteiger partial charge in [0.1, 0.15) is 6.33 Å². The van der Waals surface area contributed by atoms with Gasteiger partial charge in [-0.3, -0.25) is 9.36 Å². The van der Waals surface area contributed by atoms with E-state index in [1.54, 1.807) is 30.6 Å². The topological polar surface area (TPSA) is 86.1 Å². The van der Waals surface area contributed by atoms with E-state index in [2.05, 4.69) is 15.5 Å². The highest BCUT2D eigenvalue weighted by atomic mass is 32.2. The third kappa shape index (κ3) is 4.35. The maximum absolute atomic E-state index is 12.3. The molecule has 1 N–H and O–H groups in total. The van der Waals surface area contributed by atoms with Crippen LogP contribution in [-0.4, -0.2) is 39.5 Å². The summed E-state index contributed by atoms with van der Waals surface area (Å²) in [5.74, 6) is -0.631. The van der Waals surface area contributed by atoms with Crippen molar-refractivity contribution < 1.29 is 14.3 Å². The molecule has 3 rings (SSSR count). The first-order valence-electron chi connectivity index (χ1n) is 8.16. The fourth-order valence-electron chi connectivity index (χ4n) is 2.52.